The average Bonchev–Trinajstić information content (AvgIpc) is 3.53. The third-order valence-electron chi connectivity index (χ3n) is 6.70. The number of halogens is 1. The maximum Gasteiger partial charge on any atom is 0.229 e. The first kappa shape index (κ1) is 19.1. The van der Waals surface area contributed by atoms with E-state index < -0.39 is 0 Å². The van der Waals surface area contributed by atoms with E-state index in [0.717, 1.165) is 49.9 Å². The van der Waals surface area contributed by atoms with Gasteiger partial charge in [-0.3, -0.25) is 0 Å². The van der Waals surface area contributed by atoms with E-state index >= 15 is 0 Å². The first-order chi connectivity index (χ1) is 15.2. The molecule has 0 saturated heterocycles. The van der Waals surface area contributed by atoms with E-state index in [1.807, 2.05) is 0 Å². The molecule has 3 heterocycles. The molecule has 1 aromatic heterocycles. The summed E-state index contributed by atoms with van der Waals surface area (Å²) < 4.78 is 0. The molecule has 0 amide bonds. The molecule has 1 saturated carbocycles. The molecule has 31 heavy (non-hydrogen) atoms. The fourth-order valence-corrected chi connectivity index (χ4v) is 5.19. The van der Waals surface area contributed by atoms with Crippen molar-refractivity contribution >= 4 is 34.7 Å². The molecule has 1 aliphatic carbocycles. The van der Waals surface area contributed by atoms with Crippen molar-refractivity contribution < 1.29 is 0 Å². The van der Waals surface area contributed by atoms with Crippen LogP contribution in [0.5, 0.6) is 0 Å². The number of rotatable bonds is 4. The lowest BCUT2D eigenvalue weighted by molar-refractivity contribution is 0.312. The van der Waals surface area contributed by atoms with Gasteiger partial charge in [0.15, 0.2) is 5.82 Å². The van der Waals surface area contributed by atoms with Crippen molar-refractivity contribution in [3.63, 3.8) is 0 Å². The smallest absolute Gasteiger partial charge is 0.229 e. The minimum Gasteiger partial charge on any atom is -0.324 e. The normalized spacial score (nSPS) is 18.1. The Labute approximate surface area is 188 Å². The van der Waals surface area contributed by atoms with Crippen LogP contribution in [0.4, 0.5) is 23.1 Å². The molecule has 0 unspecified atom stereocenters. The fourth-order valence-electron chi connectivity index (χ4n) is 5.00. The summed E-state index contributed by atoms with van der Waals surface area (Å²) in [7, 11) is 2.20. The van der Waals surface area contributed by atoms with Crippen LogP contribution in [0.1, 0.15) is 41.0 Å². The van der Waals surface area contributed by atoms with Crippen molar-refractivity contribution in [2.24, 2.45) is 0 Å². The zero-order chi connectivity index (χ0) is 20.9. The first-order valence-electron chi connectivity index (χ1n) is 11.1. The van der Waals surface area contributed by atoms with Crippen LogP contribution >= 0.6 is 11.6 Å². The molecule has 1 N–H and O–H groups in total. The number of fused-ring (bicyclic) bond motifs is 2. The van der Waals surface area contributed by atoms with Crippen molar-refractivity contribution in [2.75, 3.05) is 30.4 Å². The fraction of sp³-hybridized carbons (Fsp3) is 0.360. The minimum atomic E-state index is 0.577. The molecule has 3 aliphatic rings. The highest BCUT2D eigenvalue weighted by atomic mass is 35.5. The Morgan fingerprint density at radius 1 is 1.06 bits per heavy atom. The monoisotopic (exact) mass is 431 g/mol. The Balaban J connectivity index is 1.34. The second-order valence-corrected chi connectivity index (χ2v) is 9.39. The molecule has 1 fully saturated rings. The molecule has 2 aliphatic heterocycles. The molecular weight excluding hydrogens is 406 g/mol. The van der Waals surface area contributed by atoms with Crippen molar-refractivity contribution in [2.45, 2.75) is 38.1 Å². The maximum atomic E-state index is 6.53. The van der Waals surface area contributed by atoms with Crippen LogP contribution in [-0.4, -0.2) is 35.0 Å². The van der Waals surface area contributed by atoms with E-state index in [0.29, 0.717) is 11.0 Å². The van der Waals surface area contributed by atoms with E-state index in [2.05, 4.69) is 63.5 Å². The summed E-state index contributed by atoms with van der Waals surface area (Å²) in [6.07, 6.45) is 6.47. The number of nitrogens with one attached hydrogen (secondary N) is 1. The van der Waals surface area contributed by atoms with Gasteiger partial charge in [0.25, 0.3) is 0 Å². The van der Waals surface area contributed by atoms with Crippen LogP contribution in [0.25, 0.3) is 0 Å². The summed E-state index contributed by atoms with van der Waals surface area (Å²) in [4.78, 5) is 13.9. The molecule has 3 aromatic rings. The highest BCUT2D eigenvalue weighted by Crippen LogP contribution is 2.45. The molecule has 2 aromatic carbocycles. The SMILES string of the molecule is CN1CCc2c(cc(Nc3ncc(Cl)c(N4CCc5ccccc54)n3)cc2C2CC2)C1. The van der Waals surface area contributed by atoms with Crippen molar-refractivity contribution in [3.8, 4) is 0 Å². The number of nitrogens with zero attached hydrogens (tertiary/aromatic N) is 4. The van der Waals surface area contributed by atoms with Gasteiger partial charge in [0.05, 0.1) is 6.20 Å². The second-order valence-electron chi connectivity index (χ2n) is 8.99. The summed E-state index contributed by atoms with van der Waals surface area (Å²) in [6, 6.07) is 13.1. The van der Waals surface area contributed by atoms with E-state index in [9.17, 15) is 0 Å². The Morgan fingerprint density at radius 3 is 2.81 bits per heavy atom. The Kier molecular flexibility index (Phi) is 4.62. The molecule has 0 spiro atoms. The van der Waals surface area contributed by atoms with Gasteiger partial charge in [-0.1, -0.05) is 29.8 Å². The van der Waals surface area contributed by atoms with Crippen molar-refractivity contribution in [1.29, 1.82) is 0 Å². The van der Waals surface area contributed by atoms with Crippen molar-refractivity contribution in [3.05, 3.63) is 69.9 Å². The van der Waals surface area contributed by atoms with Crippen LogP contribution in [-0.2, 0) is 19.4 Å². The van der Waals surface area contributed by atoms with Gasteiger partial charge in [-0.25, -0.2) is 4.98 Å². The van der Waals surface area contributed by atoms with Crippen LogP contribution in [0.15, 0.2) is 42.6 Å². The number of hydrogen-bond donors (Lipinski definition) is 1. The van der Waals surface area contributed by atoms with E-state index in [4.69, 9.17) is 16.6 Å². The van der Waals surface area contributed by atoms with E-state index in [1.54, 1.807) is 11.8 Å². The van der Waals surface area contributed by atoms with Crippen LogP contribution in [0.3, 0.4) is 0 Å². The molecule has 6 heteroatoms. The molecule has 0 radical (unpaired) electrons. The van der Waals surface area contributed by atoms with Gasteiger partial charge in [-0.05, 0) is 79.1 Å². The summed E-state index contributed by atoms with van der Waals surface area (Å²) in [5.41, 5.74) is 8.11. The zero-order valence-electron chi connectivity index (χ0n) is 17.7. The van der Waals surface area contributed by atoms with Crippen LogP contribution in [0.2, 0.25) is 5.02 Å². The van der Waals surface area contributed by atoms with Gasteiger partial charge in [-0.2, -0.15) is 4.98 Å². The summed E-state index contributed by atoms with van der Waals surface area (Å²) in [5, 5.41) is 4.06. The summed E-state index contributed by atoms with van der Waals surface area (Å²) in [5.74, 6) is 2.08. The minimum absolute atomic E-state index is 0.577. The van der Waals surface area contributed by atoms with Gasteiger partial charge in [0.1, 0.15) is 5.02 Å². The lowest BCUT2D eigenvalue weighted by Crippen LogP contribution is -2.27. The lowest BCUT2D eigenvalue weighted by atomic mass is 9.91. The number of hydrogen-bond acceptors (Lipinski definition) is 5. The summed E-state index contributed by atoms with van der Waals surface area (Å²) in [6.45, 7) is 3.02. The largest absolute Gasteiger partial charge is 0.324 e. The Bertz CT molecular complexity index is 1160. The van der Waals surface area contributed by atoms with Crippen LogP contribution in [0, 0.1) is 0 Å². The Morgan fingerprint density at radius 2 is 1.94 bits per heavy atom. The predicted molar refractivity (Wildman–Crippen MR) is 126 cm³/mol. The van der Waals surface area contributed by atoms with E-state index in [1.165, 1.54) is 35.2 Å². The number of likely N-dealkylation sites (N-methyl/N-ethyl adjacent to an activating group) is 1. The second kappa shape index (κ2) is 7.50. The highest BCUT2D eigenvalue weighted by Gasteiger charge is 2.29. The number of aromatic nitrogens is 2. The lowest BCUT2D eigenvalue weighted by Gasteiger charge is -2.28. The highest BCUT2D eigenvalue weighted by molar-refractivity contribution is 6.33. The van der Waals surface area contributed by atoms with Gasteiger partial charge in [0.2, 0.25) is 5.95 Å². The number of benzene rings is 2. The molecule has 6 rings (SSSR count). The molecule has 0 atom stereocenters. The van der Waals surface area contributed by atoms with Crippen LogP contribution < -0.4 is 10.2 Å². The van der Waals surface area contributed by atoms with Gasteiger partial charge < -0.3 is 15.1 Å². The third kappa shape index (κ3) is 3.56. The third-order valence-corrected chi connectivity index (χ3v) is 6.97. The van der Waals surface area contributed by atoms with Gasteiger partial charge >= 0.3 is 0 Å². The van der Waals surface area contributed by atoms with E-state index in [-0.39, 0.29) is 0 Å². The molecule has 5 nitrogen and oxygen atoms in total. The number of para-hydroxylation sites is 1. The topological polar surface area (TPSA) is 44.3 Å². The van der Waals surface area contributed by atoms with Gasteiger partial charge in [0, 0.05) is 31.0 Å². The molecule has 158 valence electrons. The van der Waals surface area contributed by atoms with Crippen molar-refractivity contribution in [1.82, 2.24) is 14.9 Å². The average molecular weight is 432 g/mol. The number of anilines is 4. The molecule has 0 bridgehead atoms. The molecular formula is C25H26ClN5. The Hall–Kier alpha value is -2.63. The first-order valence-corrected chi connectivity index (χ1v) is 11.5. The maximum absolute atomic E-state index is 6.53. The summed E-state index contributed by atoms with van der Waals surface area (Å²) >= 11 is 6.53. The predicted octanol–water partition coefficient (Wildman–Crippen LogP) is 5.43. The standard InChI is InChI=1S/C25H26ClN5/c1-30-10-9-20-18(15-30)12-19(13-21(20)16-6-7-16)28-25-27-14-22(26)24(29-25)31-11-8-17-4-2-3-5-23(17)31/h2-5,12-14,16H,6-11,15H2,1H3,(H,27,28,29). The zero-order valence-corrected chi connectivity index (χ0v) is 18.5. The quantitative estimate of drug-likeness (QED) is 0.596. The van der Waals surface area contributed by atoms with Gasteiger partial charge in [-0.15, -0.1) is 0 Å².